The molecule has 0 fully saturated rings. The highest BCUT2D eigenvalue weighted by Gasteiger charge is 2.38. The van der Waals surface area contributed by atoms with Crippen molar-refractivity contribution >= 4 is 0 Å². The lowest BCUT2D eigenvalue weighted by Gasteiger charge is -2.34. The second kappa shape index (κ2) is 8.04. The molecule has 0 bridgehead atoms. The normalized spacial score (nSPS) is 14.5. The number of rotatable bonds is 8. The molecule has 0 aromatic rings. The lowest BCUT2D eigenvalue weighted by Crippen LogP contribution is -2.45. The van der Waals surface area contributed by atoms with E-state index in [2.05, 4.69) is 0 Å². The van der Waals surface area contributed by atoms with Gasteiger partial charge in [-0.1, -0.05) is 6.92 Å². The zero-order valence-corrected chi connectivity index (χ0v) is 15.9. The van der Waals surface area contributed by atoms with E-state index in [-0.39, 0.29) is 6.61 Å². The molecule has 0 saturated heterocycles. The number of hydrogen-bond donors (Lipinski definition) is 0. The average Bonchev–Trinajstić information content (AvgIpc) is 2.28. The zero-order valence-electron chi connectivity index (χ0n) is 15.9. The molecule has 0 aromatic carbocycles. The SMILES string of the molecule is CCC(COOC(C)(C)C)(OOC(C)(C)C)OOC(C)(C)C. The van der Waals surface area contributed by atoms with Crippen LogP contribution in [0.1, 0.15) is 75.7 Å². The molecule has 0 rings (SSSR count). The van der Waals surface area contributed by atoms with Gasteiger partial charge in [0.15, 0.2) is 0 Å². The topological polar surface area (TPSA) is 55.4 Å². The minimum absolute atomic E-state index is 0.00688. The van der Waals surface area contributed by atoms with Gasteiger partial charge in [-0.15, -0.1) is 0 Å². The Morgan fingerprint density at radius 3 is 1.18 bits per heavy atom. The second-order valence-electron chi connectivity index (χ2n) is 8.28. The van der Waals surface area contributed by atoms with Gasteiger partial charge < -0.3 is 0 Å². The number of hydrogen-bond acceptors (Lipinski definition) is 6. The van der Waals surface area contributed by atoms with Gasteiger partial charge in [-0.05, 0) is 62.3 Å². The Labute approximate surface area is 135 Å². The molecule has 0 radical (unpaired) electrons. The van der Waals surface area contributed by atoms with E-state index in [9.17, 15) is 0 Å². The molecule has 0 aromatic heterocycles. The molecular weight excluding hydrogens is 288 g/mol. The van der Waals surface area contributed by atoms with Crippen LogP contribution in [0.15, 0.2) is 0 Å². The van der Waals surface area contributed by atoms with Gasteiger partial charge in [0.25, 0.3) is 5.79 Å². The van der Waals surface area contributed by atoms with E-state index < -0.39 is 22.6 Å². The van der Waals surface area contributed by atoms with Crippen LogP contribution in [-0.4, -0.2) is 29.2 Å². The van der Waals surface area contributed by atoms with E-state index in [0.29, 0.717) is 6.42 Å². The van der Waals surface area contributed by atoms with Crippen molar-refractivity contribution in [1.29, 1.82) is 0 Å². The highest BCUT2D eigenvalue weighted by Crippen LogP contribution is 2.26. The molecule has 0 spiro atoms. The van der Waals surface area contributed by atoms with E-state index in [0.717, 1.165) is 0 Å². The summed E-state index contributed by atoms with van der Waals surface area (Å²) in [5.41, 5.74) is -1.41. The molecule has 134 valence electrons. The summed E-state index contributed by atoms with van der Waals surface area (Å²) in [6.07, 6.45) is 0.451. The molecule has 0 unspecified atom stereocenters. The summed E-state index contributed by atoms with van der Waals surface area (Å²) in [6.45, 7) is 18.8. The molecule has 0 aliphatic carbocycles. The fourth-order valence-corrected chi connectivity index (χ4v) is 0.980. The van der Waals surface area contributed by atoms with Gasteiger partial charge in [-0.2, -0.15) is 9.78 Å². The van der Waals surface area contributed by atoms with Gasteiger partial charge >= 0.3 is 0 Å². The zero-order chi connectivity index (χ0) is 17.7. The van der Waals surface area contributed by atoms with E-state index in [1.54, 1.807) is 0 Å². The van der Waals surface area contributed by atoms with Crippen molar-refractivity contribution in [2.24, 2.45) is 0 Å². The van der Waals surface area contributed by atoms with Gasteiger partial charge in [0, 0.05) is 6.42 Å². The summed E-state index contributed by atoms with van der Waals surface area (Å²) < 4.78 is 0. The lowest BCUT2D eigenvalue weighted by molar-refractivity contribution is -0.558. The quantitative estimate of drug-likeness (QED) is 0.376. The standard InChI is InChI=1S/C16H34O6/c1-11-16(21-19-14(5,6)7,22-20-15(8,9)10)12-17-18-13(2,3)4/h11-12H2,1-10H3. The van der Waals surface area contributed by atoms with Crippen LogP contribution in [0, 0.1) is 0 Å². The molecule has 0 N–H and O–H groups in total. The van der Waals surface area contributed by atoms with Gasteiger partial charge in [-0.25, -0.2) is 19.6 Å². The maximum Gasteiger partial charge on any atom is 0.259 e. The first-order chi connectivity index (χ1) is 9.68. The Morgan fingerprint density at radius 1 is 0.545 bits per heavy atom. The Bertz CT molecular complexity index is 290. The van der Waals surface area contributed by atoms with Crippen molar-refractivity contribution in [3.05, 3.63) is 0 Å². The van der Waals surface area contributed by atoms with Crippen LogP contribution in [0.3, 0.4) is 0 Å². The molecule has 0 amide bonds. The first-order valence-electron chi connectivity index (χ1n) is 7.72. The first-order valence-corrected chi connectivity index (χ1v) is 7.72. The summed E-state index contributed by atoms with van der Waals surface area (Å²) in [4.78, 5) is 32.3. The maximum absolute atomic E-state index is 5.50. The summed E-state index contributed by atoms with van der Waals surface area (Å²) >= 11 is 0. The summed E-state index contributed by atoms with van der Waals surface area (Å²) in [5, 5.41) is 0. The van der Waals surface area contributed by atoms with E-state index >= 15 is 0 Å². The minimum Gasteiger partial charge on any atom is -0.231 e. The summed E-state index contributed by atoms with van der Waals surface area (Å²) in [5.74, 6) is -1.22. The molecular formula is C16H34O6. The average molecular weight is 322 g/mol. The molecule has 0 saturated carbocycles. The van der Waals surface area contributed by atoms with Gasteiger partial charge in [0.05, 0.1) is 16.8 Å². The molecule has 0 atom stereocenters. The first kappa shape index (κ1) is 21.8. The largest absolute Gasteiger partial charge is 0.259 e. The minimum atomic E-state index is -1.22. The summed E-state index contributed by atoms with van der Waals surface area (Å²) in [7, 11) is 0. The van der Waals surface area contributed by atoms with Crippen LogP contribution in [-0.2, 0) is 29.3 Å². The van der Waals surface area contributed by atoms with Crippen molar-refractivity contribution in [3.8, 4) is 0 Å². The predicted octanol–water partition coefficient (Wildman–Crippen LogP) is 4.33. The molecule has 0 aliphatic heterocycles. The van der Waals surface area contributed by atoms with Crippen molar-refractivity contribution < 1.29 is 29.3 Å². The van der Waals surface area contributed by atoms with Gasteiger partial charge in [0.1, 0.15) is 6.61 Å². The third-order valence-electron chi connectivity index (χ3n) is 2.01. The second-order valence-corrected chi connectivity index (χ2v) is 8.28. The smallest absolute Gasteiger partial charge is 0.231 e. The highest BCUT2D eigenvalue weighted by atomic mass is 17.3. The van der Waals surface area contributed by atoms with Crippen LogP contribution in [0.5, 0.6) is 0 Å². The third kappa shape index (κ3) is 11.3. The Kier molecular flexibility index (Phi) is 7.95. The van der Waals surface area contributed by atoms with Crippen molar-refractivity contribution in [3.63, 3.8) is 0 Å². The van der Waals surface area contributed by atoms with Crippen LogP contribution in [0.25, 0.3) is 0 Å². The lowest BCUT2D eigenvalue weighted by atomic mass is 10.2. The monoisotopic (exact) mass is 322 g/mol. The highest BCUT2D eigenvalue weighted by molar-refractivity contribution is 4.66. The van der Waals surface area contributed by atoms with Crippen LogP contribution in [0.4, 0.5) is 0 Å². The van der Waals surface area contributed by atoms with Crippen molar-refractivity contribution in [1.82, 2.24) is 0 Å². The van der Waals surface area contributed by atoms with Crippen LogP contribution >= 0.6 is 0 Å². The molecule has 6 nitrogen and oxygen atoms in total. The fourth-order valence-electron chi connectivity index (χ4n) is 0.980. The maximum atomic E-state index is 5.50. The molecule has 22 heavy (non-hydrogen) atoms. The van der Waals surface area contributed by atoms with Crippen LogP contribution < -0.4 is 0 Å². The van der Waals surface area contributed by atoms with Gasteiger partial charge in [-0.3, -0.25) is 0 Å². The van der Waals surface area contributed by atoms with E-state index in [1.807, 2.05) is 69.2 Å². The van der Waals surface area contributed by atoms with Crippen molar-refractivity contribution in [2.45, 2.75) is 98.2 Å². The molecule has 0 aliphatic rings. The fraction of sp³-hybridized carbons (Fsp3) is 1.00. The van der Waals surface area contributed by atoms with E-state index in [1.165, 1.54) is 0 Å². The predicted molar refractivity (Wildman–Crippen MR) is 83.7 cm³/mol. The van der Waals surface area contributed by atoms with E-state index in [4.69, 9.17) is 29.3 Å². The Hall–Kier alpha value is -0.240. The van der Waals surface area contributed by atoms with Crippen molar-refractivity contribution in [2.75, 3.05) is 6.61 Å². The van der Waals surface area contributed by atoms with Crippen LogP contribution in [0.2, 0.25) is 0 Å². The summed E-state index contributed by atoms with van der Waals surface area (Å²) in [6, 6.07) is 0. The molecule has 6 heteroatoms. The van der Waals surface area contributed by atoms with Gasteiger partial charge in [0.2, 0.25) is 0 Å². The Balaban J connectivity index is 4.83. The Morgan fingerprint density at radius 2 is 0.909 bits per heavy atom. The molecule has 0 heterocycles. The third-order valence-corrected chi connectivity index (χ3v) is 2.01.